The van der Waals surface area contributed by atoms with Crippen LogP contribution in [0.1, 0.15) is 50.1 Å². The molecule has 2 N–H and O–H groups in total. The predicted molar refractivity (Wildman–Crippen MR) is 73.3 cm³/mol. The molecule has 1 aromatic heterocycles. The third kappa shape index (κ3) is 3.29. The second-order valence-corrected chi connectivity index (χ2v) is 5.91. The maximum atomic E-state index is 12.3. The van der Waals surface area contributed by atoms with E-state index in [-0.39, 0.29) is 18.0 Å². The number of carbonyl (C=O) groups is 1. The molecule has 0 radical (unpaired) electrons. The molecule has 2 heterocycles. The van der Waals surface area contributed by atoms with Crippen LogP contribution in [0.4, 0.5) is 0 Å². The zero-order valence-electron chi connectivity index (χ0n) is 10.8. The lowest BCUT2D eigenvalue weighted by atomic mass is 10.0. The van der Waals surface area contributed by atoms with E-state index < -0.39 is 0 Å². The Morgan fingerprint density at radius 1 is 1.67 bits per heavy atom. The van der Waals surface area contributed by atoms with Crippen LogP contribution in [0.3, 0.4) is 0 Å². The van der Waals surface area contributed by atoms with Gasteiger partial charge in [-0.05, 0) is 32.6 Å². The van der Waals surface area contributed by atoms with Gasteiger partial charge in [0.15, 0.2) is 0 Å². The van der Waals surface area contributed by atoms with Crippen molar-refractivity contribution < 1.29 is 4.79 Å². The van der Waals surface area contributed by atoms with Crippen molar-refractivity contribution in [3.05, 3.63) is 16.6 Å². The lowest BCUT2D eigenvalue weighted by molar-refractivity contribution is -0.135. The van der Waals surface area contributed by atoms with Gasteiger partial charge in [0, 0.05) is 30.6 Å². The largest absolute Gasteiger partial charge is 0.333 e. The monoisotopic (exact) mass is 267 g/mol. The van der Waals surface area contributed by atoms with Crippen molar-refractivity contribution in [3.63, 3.8) is 0 Å². The molecule has 5 heteroatoms. The highest BCUT2D eigenvalue weighted by Gasteiger charge is 2.29. The van der Waals surface area contributed by atoms with Crippen LogP contribution >= 0.6 is 11.3 Å². The highest BCUT2D eigenvalue weighted by Crippen LogP contribution is 2.32. The Morgan fingerprint density at radius 2 is 2.50 bits per heavy atom. The number of aromatic nitrogens is 1. The quantitative estimate of drug-likeness (QED) is 0.910. The molecule has 0 saturated carbocycles. The summed E-state index contributed by atoms with van der Waals surface area (Å²) in [6, 6.07) is 0.288. The van der Waals surface area contributed by atoms with Gasteiger partial charge in [-0.3, -0.25) is 4.79 Å². The van der Waals surface area contributed by atoms with Gasteiger partial charge in [-0.2, -0.15) is 0 Å². The van der Waals surface area contributed by atoms with Crippen LogP contribution < -0.4 is 5.73 Å². The summed E-state index contributed by atoms with van der Waals surface area (Å²) in [5, 5.41) is 3.05. The summed E-state index contributed by atoms with van der Waals surface area (Å²) in [5.41, 5.74) is 5.72. The first-order valence-corrected chi connectivity index (χ1v) is 7.51. The second-order valence-electron chi connectivity index (χ2n) is 4.99. The Balaban J connectivity index is 2.01. The summed E-state index contributed by atoms with van der Waals surface area (Å²) in [7, 11) is 0. The molecular weight excluding hydrogens is 246 g/mol. The van der Waals surface area contributed by atoms with Crippen LogP contribution in [0.5, 0.6) is 0 Å². The van der Waals surface area contributed by atoms with Crippen LogP contribution in [-0.2, 0) is 4.79 Å². The van der Waals surface area contributed by atoms with E-state index in [0.717, 1.165) is 30.8 Å². The molecule has 1 fully saturated rings. The van der Waals surface area contributed by atoms with Gasteiger partial charge in [0.25, 0.3) is 0 Å². The standard InChI is InChI=1S/C13H21N3OS/c1-10(14)5-6-12(17)16-8-3-2-4-11(16)13-15-7-9-18-13/h7,9-11H,2-6,8,14H2,1H3. The molecule has 0 aliphatic carbocycles. The molecule has 0 aromatic carbocycles. The van der Waals surface area contributed by atoms with Crippen LogP contribution in [0.25, 0.3) is 0 Å². The fraction of sp³-hybridized carbons (Fsp3) is 0.692. The number of rotatable bonds is 4. The molecule has 2 unspecified atom stereocenters. The molecule has 1 saturated heterocycles. The highest BCUT2D eigenvalue weighted by atomic mass is 32.1. The minimum Gasteiger partial charge on any atom is -0.333 e. The van der Waals surface area contributed by atoms with Crippen molar-refractivity contribution in [2.24, 2.45) is 5.73 Å². The van der Waals surface area contributed by atoms with Gasteiger partial charge in [0.1, 0.15) is 5.01 Å². The molecule has 1 aromatic rings. The second kappa shape index (κ2) is 6.29. The summed E-state index contributed by atoms with van der Waals surface area (Å²) < 4.78 is 0. The number of nitrogens with zero attached hydrogens (tertiary/aromatic N) is 2. The number of thiazole rings is 1. The summed E-state index contributed by atoms with van der Waals surface area (Å²) in [4.78, 5) is 18.6. The average Bonchev–Trinajstić information content (AvgIpc) is 2.89. The van der Waals surface area contributed by atoms with E-state index in [2.05, 4.69) is 4.98 Å². The topological polar surface area (TPSA) is 59.2 Å². The lowest BCUT2D eigenvalue weighted by Crippen LogP contribution is -2.38. The van der Waals surface area contributed by atoms with Gasteiger partial charge < -0.3 is 10.6 Å². The van der Waals surface area contributed by atoms with E-state index in [4.69, 9.17) is 5.73 Å². The molecule has 1 aliphatic rings. The van der Waals surface area contributed by atoms with Gasteiger partial charge in [-0.1, -0.05) is 0 Å². The fourth-order valence-corrected chi connectivity index (χ4v) is 3.17. The van der Waals surface area contributed by atoms with Crippen molar-refractivity contribution in [2.75, 3.05) is 6.54 Å². The molecule has 0 bridgehead atoms. The predicted octanol–water partition coefficient (Wildman–Crippen LogP) is 2.32. The van der Waals surface area contributed by atoms with E-state index >= 15 is 0 Å². The van der Waals surface area contributed by atoms with E-state index in [0.29, 0.717) is 6.42 Å². The number of hydrogen-bond donors (Lipinski definition) is 1. The van der Waals surface area contributed by atoms with E-state index in [9.17, 15) is 4.79 Å². The number of carbonyl (C=O) groups excluding carboxylic acids is 1. The molecule has 1 amide bonds. The SMILES string of the molecule is CC(N)CCC(=O)N1CCCCC1c1nccs1. The smallest absolute Gasteiger partial charge is 0.223 e. The number of likely N-dealkylation sites (tertiary alicyclic amines) is 1. The first-order valence-electron chi connectivity index (χ1n) is 6.63. The molecule has 1 aliphatic heterocycles. The zero-order valence-corrected chi connectivity index (χ0v) is 11.7. The molecule has 0 spiro atoms. The van der Waals surface area contributed by atoms with Crippen LogP contribution in [0.2, 0.25) is 0 Å². The van der Waals surface area contributed by atoms with Crippen molar-refractivity contribution in [3.8, 4) is 0 Å². The maximum Gasteiger partial charge on any atom is 0.223 e. The van der Waals surface area contributed by atoms with Crippen LogP contribution in [-0.4, -0.2) is 28.4 Å². The molecular formula is C13H21N3OS. The van der Waals surface area contributed by atoms with Crippen LogP contribution in [0, 0.1) is 0 Å². The Kier molecular flexibility index (Phi) is 4.72. The molecule has 2 atom stereocenters. The number of amides is 1. The summed E-state index contributed by atoms with van der Waals surface area (Å²) in [5.74, 6) is 0.229. The van der Waals surface area contributed by atoms with Gasteiger partial charge in [0.05, 0.1) is 6.04 Å². The molecule has 18 heavy (non-hydrogen) atoms. The van der Waals surface area contributed by atoms with Gasteiger partial charge in [-0.25, -0.2) is 4.98 Å². The Morgan fingerprint density at radius 3 is 3.17 bits per heavy atom. The van der Waals surface area contributed by atoms with Crippen molar-refractivity contribution >= 4 is 17.2 Å². The van der Waals surface area contributed by atoms with E-state index in [1.165, 1.54) is 6.42 Å². The Labute approximate surface area is 112 Å². The van der Waals surface area contributed by atoms with Crippen molar-refractivity contribution in [2.45, 2.75) is 51.1 Å². The van der Waals surface area contributed by atoms with Crippen molar-refractivity contribution in [1.29, 1.82) is 0 Å². The molecule has 4 nitrogen and oxygen atoms in total. The first kappa shape index (κ1) is 13.5. The van der Waals surface area contributed by atoms with E-state index in [1.54, 1.807) is 11.3 Å². The number of nitrogens with two attached hydrogens (primary N) is 1. The van der Waals surface area contributed by atoms with Crippen molar-refractivity contribution in [1.82, 2.24) is 9.88 Å². The fourth-order valence-electron chi connectivity index (χ4n) is 2.38. The summed E-state index contributed by atoms with van der Waals surface area (Å²) >= 11 is 1.65. The van der Waals surface area contributed by atoms with Gasteiger partial charge in [-0.15, -0.1) is 11.3 Å². The first-order chi connectivity index (χ1) is 8.68. The minimum absolute atomic E-state index is 0.0945. The highest BCUT2D eigenvalue weighted by molar-refractivity contribution is 7.09. The lowest BCUT2D eigenvalue weighted by Gasteiger charge is -2.34. The maximum absolute atomic E-state index is 12.3. The number of hydrogen-bond acceptors (Lipinski definition) is 4. The van der Waals surface area contributed by atoms with Gasteiger partial charge >= 0.3 is 0 Å². The molecule has 2 rings (SSSR count). The van der Waals surface area contributed by atoms with Gasteiger partial charge in [0.2, 0.25) is 5.91 Å². The zero-order chi connectivity index (χ0) is 13.0. The molecule has 100 valence electrons. The third-order valence-electron chi connectivity index (χ3n) is 3.37. The average molecular weight is 267 g/mol. The minimum atomic E-state index is 0.0945. The summed E-state index contributed by atoms with van der Waals surface area (Å²) in [6.07, 6.45) is 6.46. The number of piperidine rings is 1. The van der Waals surface area contributed by atoms with Crippen LogP contribution in [0.15, 0.2) is 11.6 Å². The third-order valence-corrected chi connectivity index (χ3v) is 4.25. The Hall–Kier alpha value is -0.940. The van der Waals surface area contributed by atoms with E-state index in [1.807, 2.05) is 23.4 Å². The normalized spacial score (nSPS) is 21.9. The summed E-state index contributed by atoms with van der Waals surface area (Å²) in [6.45, 7) is 2.81. The Bertz CT molecular complexity index is 378.